The van der Waals surface area contributed by atoms with Crippen molar-refractivity contribution in [2.45, 2.75) is 70.1 Å². The third-order valence-electron chi connectivity index (χ3n) is 5.28. The van der Waals surface area contributed by atoms with Crippen LogP contribution in [0.15, 0.2) is 30.3 Å². The number of primary amides is 1. The summed E-state index contributed by atoms with van der Waals surface area (Å²) in [7, 11) is 0. The molecule has 0 aromatic heterocycles. The number of carbonyl (C=O) groups is 6. The number of carboxylic acid groups (broad SMARTS) is 2. The number of hydrogen-bond acceptors (Lipinski definition) is 7. The van der Waals surface area contributed by atoms with E-state index in [9.17, 15) is 33.9 Å². The maximum Gasteiger partial charge on any atom is 0.326 e. The Morgan fingerprint density at radius 1 is 0.838 bits per heavy atom. The van der Waals surface area contributed by atoms with Gasteiger partial charge in [0.15, 0.2) is 0 Å². The lowest BCUT2D eigenvalue weighted by Gasteiger charge is -2.25. The number of nitrogens with two attached hydrogens (primary N) is 2. The lowest BCUT2D eigenvalue weighted by Crippen LogP contribution is -2.58. The second-order valence-electron chi connectivity index (χ2n) is 9.05. The molecule has 13 heteroatoms. The first-order valence-corrected chi connectivity index (χ1v) is 11.7. The number of carbonyl (C=O) groups excluding carboxylic acids is 4. The van der Waals surface area contributed by atoms with Crippen molar-refractivity contribution in [1.29, 1.82) is 0 Å². The molecule has 4 atom stereocenters. The van der Waals surface area contributed by atoms with Gasteiger partial charge in [-0.3, -0.25) is 24.0 Å². The van der Waals surface area contributed by atoms with Gasteiger partial charge in [-0.2, -0.15) is 0 Å². The van der Waals surface area contributed by atoms with E-state index in [0.717, 1.165) is 0 Å². The molecule has 0 spiro atoms. The molecule has 0 radical (unpaired) electrons. The molecule has 1 aromatic carbocycles. The third kappa shape index (κ3) is 12.0. The van der Waals surface area contributed by atoms with Crippen molar-refractivity contribution in [3.05, 3.63) is 35.9 Å². The van der Waals surface area contributed by atoms with Crippen LogP contribution in [0, 0.1) is 5.92 Å². The first-order chi connectivity index (χ1) is 17.3. The van der Waals surface area contributed by atoms with Crippen molar-refractivity contribution in [1.82, 2.24) is 16.0 Å². The summed E-state index contributed by atoms with van der Waals surface area (Å²) >= 11 is 0. The predicted molar refractivity (Wildman–Crippen MR) is 132 cm³/mol. The van der Waals surface area contributed by atoms with Gasteiger partial charge in [0.2, 0.25) is 23.6 Å². The molecule has 0 aliphatic heterocycles. The van der Waals surface area contributed by atoms with E-state index < -0.39 is 72.6 Å². The number of amides is 4. The van der Waals surface area contributed by atoms with Gasteiger partial charge < -0.3 is 37.6 Å². The number of hydrogen-bond donors (Lipinski definition) is 7. The fourth-order valence-electron chi connectivity index (χ4n) is 3.44. The summed E-state index contributed by atoms with van der Waals surface area (Å²) in [6.07, 6.45) is -1.27. The second-order valence-corrected chi connectivity index (χ2v) is 9.05. The third-order valence-corrected chi connectivity index (χ3v) is 5.28. The maximum atomic E-state index is 12.9. The van der Waals surface area contributed by atoms with E-state index in [1.165, 1.54) is 0 Å². The standard InChI is InChI=1S/C24H35N5O8/c1-13(2)10-15(25)21(33)28-17(12-19(26)30)23(35)27-16(8-9-20(31)32)22(34)29-18(24(36)37)11-14-6-4-3-5-7-14/h3-7,13,15-18H,8-12,25H2,1-2H3,(H2,26,30)(H,27,35)(H,28,33)(H,29,34)(H,31,32)(H,36,37). The number of nitrogens with one attached hydrogen (secondary N) is 3. The molecule has 13 nitrogen and oxygen atoms in total. The highest BCUT2D eigenvalue weighted by atomic mass is 16.4. The molecule has 0 saturated carbocycles. The van der Waals surface area contributed by atoms with Gasteiger partial charge >= 0.3 is 11.9 Å². The van der Waals surface area contributed by atoms with Crippen molar-refractivity contribution >= 4 is 35.6 Å². The van der Waals surface area contributed by atoms with Gasteiger partial charge in [-0.25, -0.2) is 4.79 Å². The van der Waals surface area contributed by atoms with Gasteiger partial charge in [-0.15, -0.1) is 0 Å². The van der Waals surface area contributed by atoms with Gasteiger partial charge in [-0.05, 0) is 24.3 Å². The molecule has 0 heterocycles. The minimum Gasteiger partial charge on any atom is -0.481 e. The SMILES string of the molecule is CC(C)CC(N)C(=O)NC(CC(N)=O)C(=O)NC(CCC(=O)O)C(=O)NC(Cc1ccccc1)C(=O)O. The van der Waals surface area contributed by atoms with Crippen LogP contribution in [0.25, 0.3) is 0 Å². The Hall–Kier alpha value is -4.00. The Kier molecular flexibility index (Phi) is 12.7. The Balaban J connectivity index is 3.04. The van der Waals surface area contributed by atoms with Crippen molar-refractivity contribution in [3.8, 4) is 0 Å². The van der Waals surface area contributed by atoms with Gasteiger partial charge in [-0.1, -0.05) is 44.2 Å². The monoisotopic (exact) mass is 521 g/mol. The quantitative estimate of drug-likeness (QED) is 0.139. The fourth-order valence-corrected chi connectivity index (χ4v) is 3.44. The number of aliphatic carboxylic acids is 2. The molecule has 0 saturated heterocycles. The predicted octanol–water partition coefficient (Wildman–Crippen LogP) is -1.12. The number of benzene rings is 1. The first kappa shape index (κ1) is 31.0. The number of rotatable bonds is 16. The molecular formula is C24H35N5O8. The Labute approximate surface area is 214 Å². The van der Waals surface area contributed by atoms with Crippen LogP contribution in [0.5, 0.6) is 0 Å². The van der Waals surface area contributed by atoms with Crippen molar-refractivity contribution in [3.63, 3.8) is 0 Å². The number of carboxylic acids is 2. The summed E-state index contributed by atoms with van der Waals surface area (Å²) in [6.45, 7) is 3.68. The molecule has 0 bridgehead atoms. The van der Waals surface area contributed by atoms with Crippen LogP contribution in [0.1, 0.15) is 45.1 Å². The molecule has 204 valence electrons. The highest BCUT2D eigenvalue weighted by molar-refractivity contribution is 5.96. The zero-order valence-corrected chi connectivity index (χ0v) is 20.8. The zero-order chi connectivity index (χ0) is 28.1. The molecule has 37 heavy (non-hydrogen) atoms. The van der Waals surface area contributed by atoms with E-state index in [0.29, 0.717) is 12.0 Å². The van der Waals surface area contributed by atoms with E-state index in [2.05, 4.69) is 16.0 Å². The lowest BCUT2D eigenvalue weighted by molar-refractivity contribution is -0.143. The lowest BCUT2D eigenvalue weighted by atomic mass is 10.0. The van der Waals surface area contributed by atoms with Crippen LogP contribution >= 0.6 is 0 Å². The van der Waals surface area contributed by atoms with Gasteiger partial charge in [0.25, 0.3) is 0 Å². The van der Waals surface area contributed by atoms with Crippen molar-refractivity contribution in [2.24, 2.45) is 17.4 Å². The molecular weight excluding hydrogens is 486 g/mol. The van der Waals surface area contributed by atoms with E-state index in [-0.39, 0.29) is 18.8 Å². The maximum absolute atomic E-state index is 12.9. The van der Waals surface area contributed by atoms with Crippen molar-refractivity contribution in [2.75, 3.05) is 0 Å². The molecule has 9 N–H and O–H groups in total. The summed E-state index contributed by atoms with van der Waals surface area (Å²) in [6, 6.07) is 3.20. The summed E-state index contributed by atoms with van der Waals surface area (Å²) in [5.74, 6) is -6.07. The van der Waals surface area contributed by atoms with Crippen LogP contribution < -0.4 is 27.4 Å². The topological polar surface area (TPSA) is 231 Å². The Morgan fingerprint density at radius 2 is 1.38 bits per heavy atom. The van der Waals surface area contributed by atoms with Crippen LogP contribution in [0.3, 0.4) is 0 Å². The smallest absolute Gasteiger partial charge is 0.326 e. The summed E-state index contributed by atoms with van der Waals surface area (Å²) in [5, 5.41) is 25.6. The van der Waals surface area contributed by atoms with Crippen LogP contribution in [-0.2, 0) is 35.2 Å². The minimum atomic E-state index is -1.48. The normalized spacial score (nSPS) is 14.1. The van der Waals surface area contributed by atoms with E-state index in [1.54, 1.807) is 30.3 Å². The van der Waals surface area contributed by atoms with Gasteiger partial charge in [0.1, 0.15) is 18.1 Å². The van der Waals surface area contributed by atoms with Crippen molar-refractivity contribution < 1.29 is 39.0 Å². The molecule has 0 fully saturated rings. The summed E-state index contributed by atoms with van der Waals surface area (Å²) in [5.41, 5.74) is 11.7. The molecule has 0 aliphatic carbocycles. The van der Waals surface area contributed by atoms with Crippen LogP contribution in [0.4, 0.5) is 0 Å². The summed E-state index contributed by atoms with van der Waals surface area (Å²) in [4.78, 5) is 72.6. The van der Waals surface area contributed by atoms with Crippen LogP contribution in [-0.4, -0.2) is 69.9 Å². The molecule has 1 aromatic rings. The van der Waals surface area contributed by atoms with Gasteiger partial charge in [0, 0.05) is 12.8 Å². The average Bonchev–Trinajstić information content (AvgIpc) is 2.80. The Morgan fingerprint density at radius 3 is 1.89 bits per heavy atom. The molecule has 4 unspecified atom stereocenters. The average molecular weight is 522 g/mol. The fraction of sp³-hybridized carbons (Fsp3) is 0.500. The van der Waals surface area contributed by atoms with Crippen LogP contribution in [0.2, 0.25) is 0 Å². The zero-order valence-electron chi connectivity index (χ0n) is 20.8. The largest absolute Gasteiger partial charge is 0.481 e. The Bertz CT molecular complexity index is 969. The second kappa shape index (κ2) is 15.2. The molecule has 1 rings (SSSR count). The van der Waals surface area contributed by atoms with Gasteiger partial charge in [0.05, 0.1) is 12.5 Å². The van der Waals surface area contributed by atoms with E-state index in [4.69, 9.17) is 16.6 Å². The summed E-state index contributed by atoms with van der Waals surface area (Å²) < 4.78 is 0. The molecule has 4 amide bonds. The first-order valence-electron chi connectivity index (χ1n) is 11.7. The van der Waals surface area contributed by atoms with E-state index >= 15 is 0 Å². The highest BCUT2D eigenvalue weighted by Crippen LogP contribution is 2.07. The highest BCUT2D eigenvalue weighted by Gasteiger charge is 2.31. The molecule has 0 aliphatic rings. The van der Waals surface area contributed by atoms with E-state index in [1.807, 2.05) is 13.8 Å². The minimum absolute atomic E-state index is 0.0599.